The standard InChI is InChI=1S/C22H26N6O2/c1-30-19-7-5-17(6-8-19)14-21(29)25-15-18-4-2-3-12-28(18)20-9-10-24-22(26-20)27-13-11-23-16-27/h5-11,13,16,18H,2-4,12,14-15H2,1H3,(H,25,29). The second-order valence-corrected chi connectivity index (χ2v) is 7.36. The molecule has 8 heteroatoms. The predicted octanol–water partition coefficient (Wildman–Crippen LogP) is 2.39. The summed E-state index contributed by atoms with van der Waals surface area (Å²) in [5, 5.41) is 3.10. The first-order valence-electron chi connectivity index (χ1n) is 10.2. The highest BCUT2D eigenvalue weighted by Crippen LogP contribution is 2.23. The van der Waals surface area contributed by atoms with Crippen LogP contribution in [0.5, 0.6) is 5.75 Å². The second-order valence-electron chi connectivity index (χ2n) is 7.36. The summed E-state index contributed by atoms with van der Waals surface area (Å²) in [5.74, 6) is 2.28. The summed E-state index contributed by atoms with van der Waals surface area (Å²) in [7, 11) is 1.63. The zero-order valence-corrected chi connectivity index (χ0v) is 17.1. The molecule has 1 aromatic carbocycles. The molecule has 156 valence electrons. The number of nitrogens with zero attached hydrogens (tertiary/aromatic N) is 5. The van der Waals surface area contributed by atoms with Crippen molar-refractivity contribution in [1.82, 2.24) is 24.8 Å². The number of benzene rings is 1. The van der Waals surface area contributed by atoms with Gasteiger partial charge in [-0.25, -0.2) is 9.97 Å². The Bertz CT molecular complexity index is 958. The normalized spacial score (nSPS) is 16.3. The molecule has 8 nitrogen and oxygen atoms in total. The summed E-state index contributed by atoms with van der Waals surface area (Å²) in [5.41, 5.74) is 0.967. The van der Waals surface area contributed by atoms with Gasteiger partial charge in [0, 0.05) is 37.7 Å². The van der Waals surface area contributed by atoms with Crippen LogP contribution in [0.2, 0.25) is 0 Å². The molecule has 0 radical (unpaired) electrons. The van der Waals surface area contributed by atoms with Gasteiger partial charge in [0.05, 0.1) is 13.5 Å². The molecule has 0 aliphatic carbocycles. The first kappa shape index (κ1) is 19.9. The number of piperidine rings is 1. The molecule has 0 spiro atoms. The second kappa shape index (κ2) is 9.39. The molecule has 4 rings (SSSR count). The molecule has 3 heterocycles. The molecule has 0 bridgehead atoms. The van der Waals surface area contributed by atoms with E-state index in [4.69, 9.17) is 9.72 Å². The molecule has 1 amide bonds. The van der Waals surface area contributed by atoms with Crippen molar-refractivity contribution in [2.75, 3.05) is 25.1 Å². The highest BCUT2D eigenvalue weighted by atomic mass is 16.5. The Balaban J connectivity index is 1.39. The molecule has 1 unspecified atom stereocenters. The molecule has 1 aliphatic rings. The maximum Gasteiger partial charge on any atom is 0.236 e. The number of ether oxygens (including phenoxy) is 1. The summed E-state index contributed by atoms with van der Waals surface area (Å²) in [6.45, 7) is 1.51. The average molecular weight is 406 g/mol. The van der Waals surface area contributed by atoms with Crippen molar-refractivity contribution in [2.45, 2.75) is 31.7 Å². The fraction of sp³-hybridized carbons (Fsp3) is 0.364. The molecule has 1 aliphatic heterocycles. The SMILES string of the molecule is COc1ccc(CC(=O)NCC2CCCCN2c2ccnc(-n3ccnc3)n2)cc1. The molecule has 2 aromatic heterocycles. The Labute approximate surface area is 175 Å². The Kier molecular flexibility index (Phi) is 6.22. The zero-order valence-electron chi connectivity index (χ0n) is 17.1. The van der Waals surface area contributed by atoms with Gasteiger partial charge in [-0.2, -0.15) is 4.98 Å². The van der Waals surface area contributed by atoms with Crippen molar-refractivity contribution in [3.8, 4) is 11.7 Å². The van der Waals surface area contributed by atoms with Crippen LogP contribution in [-0.4, -0.2) is 51.7 Å². The monoisotopic (exact) mass is 406 g/mol. The van der Waals surface area contributed by atoms with Crippen LogP contribution >= 0.6 is 0 Å². The van der Waals surface area contributed by atoms with Crippen LogP contribution in [0.3, 0.4) is 0 Å². The third-order valence-corrected chi connectivity index (χ3v) is 5.34. The fourth-order valence-electron chi connectivity index (χ4n) is 3.74. The minimum Gasteiger partial charge on any atom is -0.497 e. The van der Waals surface area contributed by atoms with Gasteiger partial charge in [-0.1, -0.05) is 12.1 Å². The molecule has 1 N–H and O–H groups in total. The van der Waals surface area contributed by atoms with Crippen LogP contribution in [0.4, 0.5) is 5.82 Å². The van der Waals surface area contributed by atoms with E-state index in [0.717, 1.165) is 42.9 Å². The number of hydrogen-bond donors (Lipinski definition) is 1. The van der Waals surface area contributed by atoms with Gasteiger partial charge in [0.15, 0.2) is 0 Å². The van der Waals surface area contributed by atoms with E-state index in [0.29, 0.717) is 18.9 Å². The molecule has 1 atom stereocenters. The largest absolute Gasteiger partial charge is 0.497 e. The van der Waals surface area contributed by atoms with E-state index < -0.39 is 0 Å². The number of nitrogens with one attached hydrogen (secondary N) is 1. The van der Waals surface area contributed by atoms with Gasteiger partial charge in [-0.3, -0.25) is 9.36 Å². The lowest BCUT2D eigenvalue weighted by atomic mass is 10.0. The van der Waals surface area contributed by atoms with Gasteiger partial charge in [0.2, 0.25) is 11.9 Å². The summed E-state index contributed by atoms with van der Waals surface area (Å²) in [4.78, 5) is 27.9. The average Bonchev–Trinajstić information content (AvgIpc) is 3.34. The number of carbonyl (C=O) groups excluding carboxylic acids is 1. The summed E-state index contributed by atoms with van der Waals surface area (Å²) in [6, 6.07) is 9.73. The van der Waals surface area contributed by atoms with Gasteiger partial charge in [0.25, 0.3) is 0 Å². The fourth-order valence-corrected chi connectivity index (χ4v) is 3.74. The van der Waals surface area contributed by atoms with E-state index in [1.807, 2.05) is 36.5 Å². The topological polar surface area (TPSA) is 85.2 Å². The maximum atomic E-state index is 12.5. The van der Waals surface area contributed by atoms with E-state index in [9.17, 15) is 4.79 Å². The molecule has 0 saturated carbocycles. The van der Waals surface area contributed by atoms with Crippen molar-refractivity contribution < 1.29 is 9.53 Å². The van der Waals surface area contributed by atoms with Crippen LogP contribution in [0.25, 0.3) is 5.95 Å². The Hall–Kier alpha value is -3.42. The quantitative estimate of drug-likeness (QED) is 0.649. The lowest BCUT2D eigenvalue weighted by Gasteiger charge is -2.36. The van der Waals surface area contributed by atoms with E-state index in [2.05, 4.69) is 20.2 Å². The van der Waals surface area contributed by atoms with Crippen molar-refractivity contribution in [2.24, 2.45) is 0 Å². The number of hydrogen-bond acceptors (Lipinski definition) is 6. The number of amides is 1. The van der Waals surface area contributed by atoms with Gasteiger partial charge in [0.1, 0.15) is 17.9 Å². The number of imidazole rings is 1. The molecule has 1 fully saturated rings. The Morgan fingerprint density at radius 1 is 1.20 bits per heavy atom. The molecule has 3 aromatic rings. The zero-order chi connectivity index (χ0) is 20.8. The minimum absolute atomic E-state index is 0.0208. The highest BCUT2D eigenvalue weighted by Gasteiger charge is 2.24. The van der Waals surface area contributed by atoms with Crippen LogP contribution in [0, 0.1) is 0 Å². The smallest absolute Gasteiger partial charge is 0.236 e. The molecule has 30 heavy (non-hydrogen) atoms. The van der Waals surface area contributed by atoms with Gasteiger partial charge in [-0.05, 0) is 43.0 Å². The van der Waals surface area contributed by atoms with E-state index in [-0.39, 0.29) is 11.9 Å². The number of carbonyl (C=O) groups is 1. The van der Waals surface area contributed by atoms with Gasteiger partial charge >= 0.3 is 0 Å². The summed E-state index contributed by atoms with van der Waals surface area (Å²) in [6.07, 6.45) is 10.6. The summed E-state index contributed by atoms with van der Waals surface area (Å²) >= 11 is 0. The van der Waals surface area contributed by atoms with Crippen LogP contribution < -0.4 is 15.0 Å². The first-order chi connectivity index (χ1) is 14.7. The van der Waals surface area contributed by atoms with Crippen molar-refractivity contribution in [1.29, 1.82) is 0 Å². The van der Waals surface area contributed by atoms with Crippen LogP contribution in [0.1, 0.15) is 24.8 Å². The number of aromatic nitrogens is 4. The lowest BCUT2D eigenvalue weighted by Crippen LogP contribution is -2.47. The van der Waals surface area contributed by atoms with Crippen molar-refractivity contribution in [3.05, 3.63) is 60.8 Å². The third kappa shape index (κ3) is 4.76. The minimum atomic E-state index is 0.0208. The van der Waals surface area contributed by atoms with Crippen molar-refractivity contribution in [3.63, 3.8) is 0 Å². The number of rotatable bonds is 7. The van der Waals surface area contributed by atoms with Gasteiger partial charge < -0.3 is 15.0 Å². The van der Waals surface area contributed by atoms with E-state index >= 15 is 0 Å². The lowest BCUT2D eigenvalue weighted by molar-refractivity contribution is -0.120. The predicted molar refractivity (Wildman–Crippen MR) is 114 cm³/mol. The van der Waals surface area contributed by atoms with Gasteiger partial charge in [-0.15, -0.1) is 0 Å². The van der Waals surface area contributed by atoms with E-state index in [1.165, 1.54) is 0 Å². The molecule has 1 saturated heterocycles. The first-order valence-corrected chi connectivity index (χ1v) is 10.2. The van der Waals surface area contributed by atoms with Crippen LogP contribution in [0.15, 0.2) is 55.2 Å². The Morgan fingerprint density at radius 2 is 2.07 bits per heavy atom. The molecular formula is C22H26N6O2. The number of methoxy groups -OCH3 is 1. The number of anilines is 1. The van der Waals surface area contributed by atoms with E-state index in [1.54, 1.807) is 30.4 Å². The maximum absolute atomic E-state index is 12.5. The molecular weight excluding hydrogens is 380 g/mol. The highest BCUT2D eigenvalue weighted by molar-refractivity contribution is 5.78. The Morgan fingerprint density at radius 3 is 2.83 bits per heavy atom. The third-order valence-electron chi connectivity index (χ3n) is 5.34. The summed E-state index contributed by atoms with van der Waals surface area (Å²) < 4.78 is 6.96. The van der Waals surface area contributed by atoms with Crippen LogP contribution in [-0.2, 0) is 11.2 Å². The van der Waals surface area contributed by atoms with Crippen molar-refractivity contribution >= 4 is 11.7 Å².